The lowest BCUT2D eigenvalue weighted by Gasteiger charge is -2.35. The number of rotatable bonds is 8. The Morgan fingerprint density at radius 3 is 2.40 bits per heavy atom. The summed E-state index contributed by atoms with van der Waals surface area (Å²) >= 11 is 5.92. The molecule has 162 valence electrons. The molecule has 7 nitrogen and oxygen atoms in total. The minimum absolute atomic E-state index is 0.0407. The molecular weight excluding hydrogens is 426 g/mol. The van der Waals surface area contributed by atoms with Crippen LogP contribution in [0.1, 0.15) is 17.3 Å². The Labute approximate surface area is 182 Å². The van der Waals surface area contributed by atoms with Crippen LogP contribution >= 0.6 is 11.6 Å². The second-order valence-corrected chi connectivity index (χ2v) is 9.39. The van der Waals surface area contributed by atoms with Crippen molar-refractivity contribution >= 4 is 33.2 Å². The van der Waals surface area contributed by atoms with Crippen LogP contribution in [0.25, 0.3) is 0 Å². The number of piperazine rings is 1. The molecule has 0 radical (unpaired) electrons. The highest BCUT2D eigenvalue weighted by molar-refractivity contribution is 7.89. The monoisotopic (exact) mass is 451 g/mol. The van der Waals surface area contributed by atoms with Crippen LogP contribution in [0.15, 0.2) is 48.5 Å². The van der Waals surface area contributed by atoms with Gasteiger partial charge in [-0.25, -0.2) is 8.42 Å². The number of amides is 1. The molecule has 9 heteroatoms. The average molecular weight is 452 g/mol. The largest absolute Gasteiger partial charge is 0.493 e. The Kier molecular flexibility index (Phi) is 7.58. The van der Waals surface area contributed by atoms with Gasteiger partial charge in [0.15, 0.2) is 0 Å². The fourth-order valence-electron chi connectivity index (χ4n) is 3.33. The zero-order valence-corrected chi connectivity index (χ0v) is 18.5. The number of carbonyl (C=O) groups excluding carboxylic acids is 1. The topological polar surface area (TPSA) is 78.9 Å². The lowest BCUT2D eigenvalue weighted by Crippen LogP contribution is -2.50. The molecule has 1 fully saturated rings. The Morgan fingerprint density at radius 1 is 1.07 bits per heavy atom. The van der Waals surface area contributed by atoms with Crippen LogP contribution in [-0.2, 0) is 10.0 Å². The molecule has 0 bridgehead atoms. The summed E-state index contributed by atoms with van der Waals surface area (Å²) in [6.07, 6.45) is 0. The molecule has 2 aromatic carbocycles. The predicted octanol–water partition coefficient (Wildman–Crippen LogP) is 2.62. The van der Waals surface area contributed by atoms with E-state index in [9.17, 15) is 13.2 Å². The van der Waals surface area contributed by atoms with Gasteiger partial charge in [-0.3, -0.25) is 4.79 Å². The fourth-order valence-corrected chi connectivity index (χ4v) is 4.79. The van der Waals surface area contributed by atoms with E-state index in [0.29, 0.717) is 49.1 Å². The van der Waals surface area contributed by atoms with Crippen molar-refractivity contribution in [3.05, 3.63) is 59.1 Å². The summed E-state index contributed by atoms with van der Waals surface area (Å²) in [4.78, 5) is 14.5. The first-order chi connectivity index (χ1) is 14.4. The van der Waals surface area contributed by atoms with Gasteiger partial charge in [0.2, 0.25) is 10.0 Å². The summed E-state index contributed by atoms with van der Waals surface area (Å²) < 4.78 is 32.3. The van der Waals surface area contributed by atoms with E-state index in [1.807, 2.05) is 31.2 Å². The van der Waals surface area contributed by atoms with Gasteiger partial charge in [0.1, 0.15) is 5.75 Å². The van der Waals surface area contributed by atoms with Gasteiger partial charge in [-0.2, -0.15) is 4.31 Å². The highest BCUT2D eigenvalue weighted by atomic mass is 35.5. The summed E-state index contributed by atoms with van der Waals surface area (Å²) in [7, 11) is -3.45. The number of ether oxygens (including phenoxy) is 1. The highest BCUT2D eigenvalue weighted by Gasteiger charge is 2.27. The first-order valence-electron chi connectivity index (χ1n) is 9.89. The van der Waals surface area contributed by atoms with Crippen LogP contribution in [0.3, 0.4) is 0 Å². The fraction of sp³-hybridized carbons (Fsp3) is 0.381. The number of anilines is 1. The minimum atomic E-state index is -3.45. The zero-order valence-electron chi connectivity index (χ0n) is 16.9. The smallest absolute Gasteiger partial charge is 0.255 e. The maximum absolute atomic E-state index is 12.7. The van der Waals surface area contributed by atoms with Crippen molar-refractivity contribution in [3.8, 4) is 5.75 Å². The minimum Gasteiger partial charge on any atom is -0.493 e. The van der Waals surface area contributed by atoms with Crippen molar-refractivity contribution in [2.45, 2.75) is 6.92 Å². The third-order valence-electron chi connectivity index (χ3n) is 4.90. The normalized spacial score (nSPS) is 15.1. The molecule has 30 heavy (non-hydrogen) atoms. The first-order valence-corrected chi connectivity index (χ1v) is 11.9. The van der Waals surface area contributed by atoms with E-state index in [4.69, 9.17) is 16.3 Å². The highest BCUT2D eigenvalue weighted by Crippen LogP contribution is 2.20. The number of hydrogen-bond acceptors (Lipinski definition) is 5. The van der Waals surface area contributed by atoms with Gasteiger partial charge >= 0.3 is 0 Å². The quantitative estimate of drug-likeness (QED) is 0.667. The SMILES string of the molecule is CCOc1ccccc1C(=O)NCCS(=O)(=O)N1CCN(c2ccc(Cl)cc2)CC1. The number of nitrogens with one attached hydrogen (secondary N) is 1. The molecule has 1 amide bonds. The van der Waals surface area contributed by atoms with Crippen LogP contribution in [0, 0.1) is 0 Å². The Morgan fingerprint density at radius 2 is 1.73 bits per heavy atom. The van der Waals surface area contributed by atoms with Gasteiger partial charge in [-0.05, 0) is 43.3 Å². The lowest BCUT2D eigenvalue weighted by atomic mass is 10.2. The molecule has 0 atom stereocenters. The molecule has 0 saturated carbocycles. The van der Waals surface area contributed by atoms with E-state index in [-0.39, 0.29) is 18.2 Å². The second kappa shape index (κ2) is 10.1. The lowest BCUT2D eigenvalue weighted by molar-refractivity contribution is 0.0952. The number of para-hydroxylation sites is 1. The van der Waals surface area contributed by atoms with Crippen molar-refractivity contribution in [1.82, 2.24) is 9.62 Å². The van der Waals surface area contributed by atoms with Crippen LogP contribution in [0.5, 0.6) is 5.75 Å². The van der Waals surface area contributed by atoms with E-state index < -0.39 is 10.0 Å². The van der Waals surface area contributed by atoms with E-state index in [1.165, 1.54) is 4.31 Å². The van der Waals surface area contributed by atoms with Gasteiger partial charge in [0.25, 0.3) is 5.91 Å². The number of benzene rings is 2. The van der Waals surface area contributed by atoms with E-state index in [1.54, 1.807) is 24.3 Å². The molecule has 0 unspecified atom stereocenters. The predicted molar refractivity (Wildman–Crippen MR) is 119 cm³/mol. The molecule has 2 aromatic rings. The average Bonchev–Trinajstić information content (AvgIpc) is 2.75. The number of sulfonamides is 1. The molecule has 1 aliphatic rings. The van der Waals surface area contributed by atoms with Crippen LogP contribution in [0.2, 0.25) is 5.02 Å². The van der Waals surface area contributed by atoms with Gasteiger partial charge in [0, 0.05) is 43.4 Å². The molecule has 1 aliphatic heterocycles. The van der Waals surface area contributed by atoms with Gasteiger partial charge in [0.05, 0.1) is 17.9 Å². The molecule has 1 heterocycles. The first kappa shape index (κ1) is 22.4. The Bertz CT molecular complexity index is 958. The summed E-state index contributed by atoms with van der Waals surface area (Å²) in [6, 6.07) is 14.4. The molecule has 0 spiro atoms. The van der Waals surface area contributed by atoms with Crippen molar-refractivity contribution in [3.63, 3.8) is 0 Å². The number of carbonyl (C=O) groups is 1. The van der Waals surface area contributed by atoms with Gasteiger partial charge < -0.3 is 15.0 Å². The van der Waals surface area contributed by atoms with Crippen molar-refractivity contribution in [2.75, 3.05) is 50.0 Å². The number of halogens is 1. The Balaban J connectivity index is 1.50. The summed E-state index contributed by atoms with van der Waals surface area (Å²) in [5.41, 5.74) is 1.42. The summed E-state index contributed by atoms with van der Waals surface area (Å²) in [6.45, 7) is 4.36. The molecule has 1 N–H and O–H groups in total. The standard InChI is InChI=1S/C21H26ClN3O4S/c1-2-29-20-6-4-3-5-19(20)21(26)23-11-16-30(27,28)25-14-12-24(13-15-25)18-9-7-17(22)8-10-18/h3-10H,2,11-16H2,1H3,(H,23,26). The third kappa shape index (κ3) is 5.65. The number of nitrogens with zero attached hydrogens (tertiary/aromatic N) is 2. The van der Waals surface area contributed by atoms with Crippen molar-refractivity contribution < 1.29 is 17.9 Å². The maximum Gasteiger partial charge on any atom is 0.255 e. The zero-order chi connectivity index (χ0) is 21.6. The molecule has 1 saturated heterocycles. The van der Waals surface area contributed by atoms with E-state index in [0.717, 1.165) is 5.69 Å². The van der Waals surface area contributed by atoms with Crippen molar-refractivity contribution in [2.24, 2.45) is 0 Å². The summed E-state index contributed by atoms with van der Waals surface area (Å²) in [5.74, 6) is -0.00304. The maximum atomic E-state index is 12.7. The molecule has 0 aliphatic carbocycles. The van der Waals surface area contributed by atoms with E-state index >= 15 is 0 Å². The van der Waals surface area contributed by atoms with E-state index in [2.05, 4.69) is 10.2 Å². The second-order valence-electron chi connectivity index (χ2n) is 6.86. The van der Waals surface area contributed by atoms with Crippen LogP contribution < -0.4 is 15.0 Å². The summed E-state index contributed by atoms with van der Waals surface area (Å²) in [5, 5.41) is 3.36. The van der Waals surface area contributed by atoms with Crippen LogP contribution in [-0.4, -0.2) is 63.7 Å². The van der Waals surface area contributed by atoms with Gasteiger partial charge in [-0.1, -0.05) is 23.7 Å². The molecular formula is C21H26ClN3O4S. The Hall–Kier alpha value is -2.29. The van der Waals surface area contributed by atoms with Crippen molar-refractivity contribution in [1.29, 1.82) is 0 Å². The molecule has 0 aromatic heterocycles. The number of hydrogen-bond donors (Lipinski definition) is 1. The van der Waals surface area contributed by atoms with Gasteiger partial charge in [-0.15, -0.1) is 0 Å². The third-order valence-corrected chi connectivity index (χ3v) is 7.02. The van der Waals surface area contributed by atoms with Crippen LogP contribution in [0.4, 0.5) is 5.69 Å². The molecule has 3 rings (SSSR count).